The number of methoxy groups -OCH3 is 2. The second kappa shape index (κ2) is 7.73. The molecule has 1 N–H and O–H groups in total. The lowest BCUT2D eigenvalue weighted by Crippen LogP contribution is -2.38. The molecule has 0 spiro atoms. The molecule has 2 aliphatic rings. The van der Waals surface area contributed by atoms with Gasteiger partial charge >= 0.3 is 0 Å². The van der Waals surface area contributed by atoms with Crippen molar-refractivity contribution in [1.29, 1.82) is 0 Å². The lowest BCUT2D eigenvalue weighted by molar-refractivity contribution is -0.135. The van der Waals surface area contributed by atoms with Crippen LogP contribution < -0.4 is 14.8 Å². The minimum Gasteiger partial charge on any atom is -0.493 e. The van der Waals surface area contributed by atoms with Crippen LogP contribution in [0.2, 0.25) is 0 Å². The van der Waals surface area contributed by atoms with E-state index >= 15 is 0 Å². The van der Waals surface area contributed by atoms with Gasteiger partial charge in [-0.2, -0.15) is 0 Å². The highest BCUT2D eigenvalue weighted by Gasteiger charge is 2.38. The topological polar surface area (TPSA) is 67.9 Å². The van der Waals surface area contributed by atoms with Crippen LogP contribution in [0.5, 0.6) is 11.5 Å². The van der Waals surface area contributed by atoms with E-state index in [-0.39, 0.29) is 24.3 Å². The number of hydrogen-bond donors (Lipinski definition) is 1. The number of hydrogen-bond acceptors (Lipinski definition) is 4. The molecule has 0 bridgehead atoms. The van der Waals surface area contributed by atoms with E-state index in [0.717, 1.165) is 18.4 Å². The molecule has 0 saturated carbocycles. The van der Waals surface area contributed by atoms with Crippen LogP contribution in [0.1, 0.15) is 42.3 Å². The summed E-state index contributed by atoms with van der Waals surface area (Å²) in [6, 6.07) is 9.75. The summed E-state index contributed by atoms with van der Waals surface area (Å²) in [6.45, 7) is 0.618. The molecule has 29 heavy (non-hydrogen) atoms. The Kier molecular flexibility index (Phi) is 5.13. The van der Waals surface area contributed by atoms with Crippen molar-refractivity contribution in [3.05, 3.63) is 53.3 Å². The molecular formula is C22H23FN2O4. The fourth-order valence-electron chi connectivity index (χ4n) is 4.29. The number of halogens is 1. The van der Waals surface area contributed by atoms with Gasteiger partial charge in [-0.1, -0.05) is 12.1 Å². The van der Waals surface area contributed by atoms with Gasteiger partial charge in [0.05, 0.1) is 26.2 Å². The number of nitrogens with zero attached hydrogens (tertiary/aromatic N) is 1. The first-order valence-electron chi connectivity index (χ1n) is 9.63. The van der Waals surface area contributed by atoms with Crippen molar-refractivity contribution in [1.82, 2.24) is 4.90 Å². The fourth-order valence-corrected chi connectivity index (χ4v) is 4.29. The number of amides is 2. The van der Waals surface area contributed by atoms with Gasteiger partial charge in [0, 0.05) is 18.7 Å². The van der Waals surface area contributed by atoms with Gasteiger partial charge in [0.2, 0.25) is 11.8 Å². The normalized spacial score (nSPS) is 20.8. The van der Waals surface area contributed by atoms with Crippen molar-refractivity contribution < 1.29 is 23.5 Å². The summed E-state index contributed by atoms with van der Waals surface area (Å²) in [6.07, 6.45) is 1.77. The summed E-state index contributed by atoms with van der Waals surface area (Å²) < 4.78 is 24.3. The average molecular weight is 398 g/mol. The molecule has 152 valence electrons. The molecule has 6 nitrogen and oxygen atoms in total. The molecule has 2 amide bonds. The van der Waals surface area contributed by atoms with Crippen LogP contribution in [-0.4, -0.2) is 37.5 Å². The van der Waals surface area contributed by atoms with E-state index in [2.05, 4.69) is 5.32 Å². The molecule has 1 fully saturated rings. The zero-order chi connectivity index (χ0) is 20.5. The van der Waals surface area contributed by atoms with E-state index in [0.29, 0.717) is 29.3 Å². The Morgan fingerprint density at radius 3 is 2.69 bits per heavy atom. The van der Waals surface area contributed by atoms with Crippen molar-refractivity contribution in [2.75, 3.05) is 26.1 Å². The van der Waals surface area contributed by atoms with Gasteiger partial charge in [0.1, 0.15) is 5.82 Å². The van der Waals surface area contributed by atoms with Gasteiger partial charge in [0.25, 0.3) is 0 Å². The number of carbonyl (C=O) groups is 2. The molecule has 2 aromatic carbocycles. The minimum absolute atomic E-state index is 0.0621. The third-order valence-electron chi connectivity index (χ3n) is 5.68. The molecule has 2 aliphatic heterocycles. The number of anilines is 1. The van der Waals surface area contributed by atoms with Crippen molar-refractivity contribution >= 4 is 17.5 Å². The SMILES string of the molecule is COc1ccc([C@@H]2CCCN2C(=O)[C@H]2CC(=O)Nc3cc(F)ccc32)cc1OC. The molecule has 0 aromatic heterocycles. The summed E-state index contributed by atoms with van der Waals surface area (Å²) >= 11 is 0. The summed E-state index contributed by atoms with van der Waals surface area (Å²) in [4.78, 5) is 27.4. The van der Waals surface area contributed by atoms with E-state index in [1.165, 1.54) is 12.1 Å². The third kappa shape index (κ3) is 3.52. The number of carbonyl (C=O) groups excluding carboxylic acids is 2. The zero-order valence-electron chi connectivity index (χ0n) is 16.4. The Hall–Kier alpha value is -3.09. The third-order valence-corrected chi connectivity index (χ3v) is 5.68. The van der Waals surface area contributed by atoms with E-state index in [9.17, 15) is 14.0 Å². The van der Waals surface area contributed by atoms with Crippen LogP contribution in [0.3, 0.4) is 0 Å². The van der Waals surface area contributed by atoms with Gasteiger partial charge in [-0.05, 0) is 48.2 Å². The van der Waals surface area contributed by atoms with E-state index in [1.54, 1.807) is 20.3 Å². The fraction of sp³-hybridized carbons (Fsp3) is 0.364. The number of fused-ring (bicyclic) bond motifs is 1. The predicted molar refractivity (Wildman–Crippen MR) is 106 cm³/mol. The highest BCUT2D eigenvalue weighted by atomic mass is 19.1. The summed E-state index contributed by atoms with van der Waals surface area (Å²) in [5.41, 5.74) is 2.00. The standard InChI is InChI=1S/C22H23FN2O4/c1-28-19-8-5-13(10-20(19)29-2)18-4-3-9-25(18)22(27)16-12-21(26)24-17-11-14(23)6-7-15(16)17/h5-8,10-11,16,18H,3-4,9,12H2,1-2H3,(H,24,26)/t16-,18-/m0/s1. The number of rotatable bonds is 4. The zero-order valence-corrected chi connectivity index (χ0v) is 16.4. The quantitative estimate of drug-likeness (QED) is 0.854. The molecule has 1 saturated heterocycles. The summed E-state index contributed by atoms with van der Waals surface area (Å²) in [7, 11) is 3.16. The van der Waals surface area contributed by atoms with E-state index in [1.807, 2.05) is 23.1 Å². The highest BCUT2D eigenvalue weighted by molar-refractivity contribution is 6.01. The Balaban J connectivity index is 1.65. The number of benzene rings is 2. The molecule has 0 radical (unpaired) electrons. The van der Waals surface area contributed by atoms with Gasteiger partial charge in [-0.25, -0.2) is 4.39 Å². The van der Waals surface area contributed by atoms with Crippen molar-refractivity contribution in [2.24, 2.45) is 0 Å². The second-order valence-corrected chi connectivity index (χ2v) is 7.34. The Labute approximate surface area is 168 Å². The Morgan fingerprint density at radius 1 is 1.14 bits per heavy atom. The molecule has 2 heterocycles. The lowest BCUT2D eigenvalue weighted by atomic mass is 9.88. The molecular weight excluding hydrogens is 375 g/mol. The van der Waals surface area contributed by atoms with E-state index < -0.39 is 11.7 Å². The molecule has 4 rings (SSSR count). The monoisotopic (exact) mass is 398 g/mol. The van der Waals surface area contributed by atoms with Gasteiger partial charge in [0.15, 0.2) is 11.5 Å². The molecule has 0 aliphatic carbocycles. The van der Waals surface area contributed by atoms with Crippen LogP contribution in [0.25, 0.3) is 0 Å². The molecule has 2 aromatic rings. The van der Waals surface area contributed by atoms with E-state index in [4.69, 9.17) is 9.47 Å². The van der Waals surface area contributed by atoms with Crippen LogP contribution in [0.15, 0.2) is 36.4 Å². The highest BCUT2D eigenvalue weighted by Crippen LogP contribution is 2.41. The van der Waals surface area contributed by atoms with Crippen LogP contribution in [0, 0.1) is 5.82 Å². The average Bonchev–Trinajstić information content (AvgIpc) is 3.21. The largest absolute Gasteiger partial charge is 0.493 e. The van der Waals surface area contributed by atoms with Crippen LogP contribution in [0.4, 0.5) is 10.1 Å². The second-order valence-electron chi connectivity index (χ2n) is 7.34. The maximum atomic E-state index is 13.6. The first-order chi connectivity index (χ1) is 14.0. The predicted octanol–water partition coefficient (Wildman–Crippen LogP) is 3.63. The maximum Gasteiger partial charge on any atom is 0.231 e. The van der Waals surface area contributed by atoms with Crippen molar-refractivity contribution in [2.45, 2.75) is 31.2 Å². The van der Waals surface area contributed by atoms with Gasteiger partial charge in [-0.15, -0.1) is 0 Å². The van der Waals surface area contributed by atoms with Gasteiger partial charge < -0.3 is 19.7 Å². The van der Waals surface area contributed by atoms with Crippen molar-refractivity contribution in [3.63, 3.8) is 0 Å². The number of likely N-dealkylation sites (tertiary alicyclic amines) is 1. The number of ether oxygens (including phenoxy) is 2. The minimum atomic E-state index is -0.611. The molecule has 2 atom stereocenters. The molecule has 7 heteroatoms. The smallest absolute Gasteiger partial charge is 0.231 e. The first-order valence-corrected chi connectivity index (χ1v) is 9.63. The first kappa shape index (κ1) is 19.2. The van der Waals surface area contributed by atoms with Crippen molar-refractivity contribution in [3.8, 4) is 11.5 Å². The number of nitrogens with one attached hydrogen (secondary N) is 1. The van der Waals surface area contributed by atoms with Crippen LogP contribution >= 0.6 is 0 Å². The Bertz CT molecular complexity index is 962. The van der Waals surface area contributed by atoms with Gasteiger partial charge in [-0.3, -0.25) is 9.59 Å². The maximum absolute atomic E-state index is 13.6. The van der Waals surface area contributed by atoms with Crippen LogP contribution in [-0.2, 0) is 9.59 Å². The Morgan fingerprint density at radius 2 is 1.93 bits per heavy atom. The summed E-state index contributed by atoms with van der Waals surface area (Å²) in [5, 5.41) is 2.67. The summed E-state index contributed by atoms with van der Waals surface area (Å²) in [5.74, 6) is -0.191. The molecule has 0 unspecified atom stereocenters. The lowest BCUT2D eigenvalue weighted by Gasteiger charge is -2.32.